The minimum absolute atomic E-state index is 0.945. The average molecular weight is 312 g/mol. The molecule has 1 aromatic rings. The van der Waals surface area contributed by atoms with Crippen molar-refractivity contribution in [1.29, 1.82) is 0 Å². The van der Waals surface area contributed by atoms with E-state index < -0.39 is 0 Å². The molecule has 0 unspecified atom stereocenters. The van der Waals surface area contributed by atoms with Crippen molar-refractivity contribution in [2.75, 3.05) is 26.7 Å². The summed E-state index contributed by atoms with van der Waals surface area (Å²) < 4.78 is 5.58. The van der Waals surface area contributed by atoms with Crippen LogP contribution in [0, 0.1) is 0 Å². The fourth-order valence-electron chi connectivity index (χ4n) is 3.70. The van der Waals surface area contributed by atoms with Crippen LogP contribution in [-0.4, -0.2) is 37.5 Å². The van der Waals surface area contributed by atoms with Gasteiger partial charge in [0.15, 0.2) is 0 Å². The molecule has 1 heterocycles. The Labute approximate surface area is 140 Å². The molecule has 3 nitrogen and oxygen atoms in total. The van der Waals surface area contributed by atoms with Crippen molar-refractivity contribution in [3.05, 3.63) is 34.4 Å². The Kier molecular flexibility index (Phi) is 5.04. The number of methoxy groups -OCH3 is 1. The van der Waals surface area contributed by atoms with Crippen LogP contribution in [0.15, 0.2) is 22.7 Å². The van der Waals surface area contributed by atoms with E-state index in [0.29, 0.717) is 0 Å². The first-order valence-electron chi connectivity index (χ1n) is 8.87. The van der Waals surface area contributed by atoms with Crippen LogP contribution < -0.4 is 4.74 Å². The van der Waals surface area contributed by atoms with Gasteiger partial charge in [0, 0.05) is 13.1 Å². The van der Waals surface area contributed by atoms with Gasteiger partial charge in [-0.2, -0.15) is 0 Å². The highest BCUT2D eigenvalue weighted by Gasteiger charge is 2.18. The topological polar surface area (TPSA) is 24.8 Å². The number of benzene rings is 1. The molecule has 0 spiro atoms. The van der Waals surface area contributed by atoms with Gasteiger partial charge in [0.05, 0.1) is 19.5 Å². The third-order valence-corrected chi connectivity index (χ3v) is 5.12. The fourth-order valence-corrected chi connectivity index (χ4v) is 3.70. The van der Waals surface area contributed by atoms with Gasteiger partial charge in [-0.25, -0.2) is 0 Å². The number of nitrogens with zero attached hydrogens (tertiary/aromatic N) is 2. The predicted molar refractivity (Wildman–Crippen MR) is 97.5 cm³/mol. The van der Waals surface area contributed by atoms with E-state index in [0.717, 1.165) is 38.2 Å². The number of fused-ring (bicyclic) bond motifs is 1. The van der Waals surface area contributed by atoms with Crippen molar-refractivity contribution >= 4 is 11.9 Å². The SMILES string of the molecule is CC/C(=C\c1ccc(OC)c2c1CCCC2)CN1CCN=C1C. The summed E-state index contributed by atoms with van der Waals surface area (Å²) in [5, 5.41) is 0. The van der Waals surface area contributed by atoms with Crippen molar-refractivity contribution < 1.29 is 4.74 Å². The second kappa shape index (κ2) is 7.20. The molecule has 23 heavy (non-hydrogen) atoms. The Morgan fingerprint density at radius 3 is 2.70 bits per heavy atom. The number of aliphatic imine (C=N–C) groups is 1. The molecule has 0 aromatic heterocycles. The third-order valence-electron chi connectivity index (χ3n) is 5.12. The minimum atomic E-state index is 0.945. The van der Waals surface area contributed by atoms with Crippen LogP contribution in [0.4, 0.5) is 0 Å². The lowest BCUT2D eigenvalue weighted by molar-refractivity contribution is 0.406. The molecule has 124 valence electrons. The van der Waals surface area contributed by atoms with Crippen LogP contribution in [0.25, 0.3) is 6.08 Å². The van der Waals surface area contributed by atoms with E-state index in [2.05, 4.69) is 41.9 Å². The molecule has 0 N–H and O–H groups in total. The second-order valence-electron chi connectivity index (χ2n) is 6.53. The molecule has 0 bridgehead atoms. The van der Waals surface area contributed by atoms with Crippen LogP contribution in [0.3, 0.4) is 0 Å². The smallest absolute Gasteiger partial charge is 0.122 e. The summed E-state index contributed by atoms with van der Waals surface area (Å²) in [4.78, 5) is 6.90. The lowest BCUT2D eigenvalue weighted by Gasteiger charge is -2.23. The molecule has 0 saturated carbocycles. The summed E-state index contributed by atoms with van der Waals surface area (Å²) in [6.07, 6.45) is 8.40. The Morgan fingerprint density at radius 1 is 1.26 bits per heavy atom. The van der Waals surface area contributed by atoms with Gasteiger partial charge in [0.2, 0.25) is 0 Å². The Bertz CT molecular complexity index is 631. The van der Waals surface area contributed by atoms with E-state index in [9.17, 15) is 0 Å². The minimum Gasteiger partial charge on any atom is -0.496 e. The quantitative estimate of drug-likeness (QED) is 0.817. The maximum absolute atomic E-state index is 5.58. The van der Waals surface area contributed by atoms with Crippen LogP contribution >= 0.6 is 0 Å². The summed E-state index contributed by atoms with van der Waals surface area (Å²) in [5.74, 6) is 2.25. The van der Waals surface area contributed by atoms with Crippen LogP contribution in [0.2, 0.25) is 0 Å². The van der Waals surface area contributed by atoms with Crippen molar-refractivity contribution in [1.82, 2.24) is 4.90 Å². The van der Waals surface area contributed by atoms with E-state index in [4.69, 9.17) is 4.74 Å². The summed E-state index contributed by atoms with van der Waals surface area (Å²) in [7, 11) is 1.78. The molecule has 0 atom stereocenters. The van der Waals surface area contributed by atoms with Gasteiger partial charge < -0.3 is 9.64 Å². The molecule has 3 heteroatoms. The molecule has 2 aliphatic rings. The zero-order valence-corrected chi connectivity index (χ0v) is 14.7. The van der Waals surface area contributed by atoms with Gasteiger partial charge in [-0.05, 0) is 61.8 Å². The molecule has 0 radical (unpaired) electrons. The van der Waals surface area contributed by atoms with Crippen LogP contribution in [-0.2, 0) is 12.8 Å². The molecule has 1 aliphatic heterocycles. The summed E-state index contributed by atoms with van der Waals surface area (Å²) >= 11 is 0. The zero-order chi connectivity index (χ0) is 16.2. The third kappa shape index (κ3) is 3.44. The van der Waals surface area contributed by atoms with Gasteiger partial charge in [-0.3, -0.25) is 4.99 Å². The molecular formula is C20H28N2O. The Hall–Kier alpha value is -1.77. The first-order chi connectivity index (χ1) is 11.2. The Morgan fingerprint density at radius 2 is 2.04 bits per heavy atom. The first-order valence-corrected chi connectivity index (χ1v) is 8.87. The highest BCUT2D eigenvalue weighted by Crippen LogP contribution is 2.33. The van der Waals surface area contributed by atoms with E-state index in [1.807, 2.05) is 0 Å². The normalized spacial score (nSPS) is 18.0. The molecular weight excluding hydrogens is 284 g/mol. The number of amidine groups is 1. The lowest BCUT2D eigenvalue weighted by Crippen LogP contribution is -2.27. The summed E-state index contributed by atoms with van der Waals surface area (Å²) in [5.41, 5.74) is 5.82. The molecule has 0 saturated heterocycles. The van der Waals surface area contributed by atoms with Crippen molar-refractivity contribution in [3.8, 4) is 5.75 Å². The van der Waals surface area contributed by atoms with E-state index in [-0.39, 0.29) is 0 Å². The van der Waals surface area contributed by atoms with Gasteiger partial charge in [0.1, 0.15) is 5.75 Å². The second-order valence-corrected chi connectivity index (χ2v) is 6.53. The largest absolute Gasteiger partial charge is 0.496 e. The van der Waals surface area contributed by atoms with Crippen molar-refractivity contribution in [3.63, 3.8) is 0 Å². The maximum atomic E-state index is 5.58. The average Bonchev–Trinajstić information content (AvgIpc) is 2.99. The van der Waals surface area contributed by atoms with Crippen molar-refractivity contribution in [2.24, 2.45) is 4.99 Å². The van der Waals surface area contributed by atoms with Gasteiger partial charge in [-0.15, -0.1) is 0 Å². The number of ether oxygens (including phenoxy) is 1. The first kappa shape index (κ1) is 16.1. The van der Waals surface area contributed by atoms with Crippen molar-refractivity contribution in [2.45, 2.75) is 46.0 Å². The highest BCUT2D eigenvalue weighted by molar-refractivity contribution is 5.81. The van der Waals surface area contributed by atoms with E-state index in [1.54, 1.807) is 7.11 Å². The van der Waals surface area contributed by atoms with Gasteiger partial charge >= 0.3 is 0 Å². The maximum Gasteiger partial charge on any atom is 0.122 e. The fraction of sp³-hybridized carbons (Fsp3) is 0.550. The molecule has 1 aromatic carbocycles. The van der Waals surface area contributed by atoms with Gasteiger partial charge in [0.25, 0.3) is 0 Å². The zero-order valence-electron chi connectivity index (χ0n) is 14.7. The highest BCUT2D eigenvalue weighted by atomic mass is 16.5. The standard InChI is InChI=1S/C20H28N2O/c1-4-16(14-22-12-11-21-15(22)2)13-17-9-10-20(23-3)19-8-6-5-7-18(17)19/h9-10,13H,4-8,11-12,14H2,1-3H3/b16-13+. The lowest BCUT2D eigenvalue weighted by atomic mass is 9.86. The van der Waals surface area contributed by atoms with E-state index >= 15 is 0 Å². The predicted octanol–water partition coefficient (Wildman–Crippen LogP) is 4.10. The molecule has 3 rings (SSSR count). The molecule has 0 fully saturated rings. The number of hydrogen-bond acceptors (Lipinski definition) is 3. The summed E-state index contributed by atoms with van der Waals surface area (Å²) in [6, 6.07) is 4.38. The van der Waals surface area contributed by atoms with Crippen LogP contribution in [0.5, 0.6) is 5.75 Å². The van der Waals surface area contributed by atoms with E-state index in [1.165, 1.54) is 47.4 Å². The monoisotopic (exact) mass is 312 g/mol. The molecule has 1 aliphatic carbocycles. The number of rotatable bonds is 5. The Balaban J connectivity index is 1.89. The number of hydrogen-bond donors (Lipinski definition) is 0. The van der Waals surface area contributed by atoms with Crippen LogP contribution in [0.1, 0.15) is 49.8 Å². The summed E-state index contributed by atoms with van der Waals surface area (Å²) in [6.45, 7) is 7.39. The van der Waals surface area contributed by atoms with Gasteiger partial charge in [-0.1, -0.05) is 24.6 Å². The molecule has 0 amide bonds.